The highest BCUT2D eigenvalue weighted by atomic mass is 35.5. The van der Waals surface area contributed by atoms with Crippen molar-refractivity contribution in [2.24, 2.45) is 0 Å². The second-order valence-corrected chi connectivity index (χ2v) is 4.53. The van der Waals surface area contributed by atoms with E-state index < -0.39 is 0 Å². The number of carbonyl (C=O) groups excluding carboxylic acids is 2. The standard InChI is InChI=1S/C13H14ClNO2/c1-8(16)15-12-6-10-4-2-3-9(10)5-11(12)13(17)7-14/h5-6H,2-4,7H2,1H3,(H,15,16). The van der Waals surface area contributed by atoms with E-state index >= 15 is 0 Å². The molecule has 0 atom stereocenters. The number of ketones is 1. The fraction of sp³-hybridized carbons (Fsp3) is 0.385. The van der Waals surface area contributed by atoms with E-state index in [-0.39, 0.29) is 17.6 Å². The minimum absolute atomic E-state index is 0.0641. The van der Waals surface area contributed by atoms with Crippen molar-refractivity contribution in [1.29, 1.82) is 0 Å². The van der Waals surface area contributed by atoms with E-state index in [4.69, 9.17) is 11.6 Å². The number of aryl methyl sites for hydroxylation is 2. The van der Waals surface area contributed by atoms with Crippen molar-refractivity contribution in [3.63, 3.8) is 0 Å². The molecule has 3 nitrogen and oxygen atoms in total. The molecule has 1 aliphatic rings. The van der Waals surface area contributed by atoms with E-state index in [1.165, 1.54) is 18.1 Å². The van der Waals surface area contributed by atoms with Gasteiger partial charge in [0.15, 0.2) is 5.78 Å². The summed E-state index contributed by atoms with van der Waals surface area (Å²) in [4.78, 5) is 22.9. The molecule has 1 amide bonds. The SMILES string of the molecule is CC(=O)Nc1cc2c(cc1C(=O)CCl)CCC2. The number of fused-ring (bicyclic) bond motifs is 1. The van der Waals surface area contributed by atoms with E-state index in [1.54, 1.807) is 0 Å². The number of halogens is 1. The lowest BCUT2D eigenvalue weighted by Gasteiger charge is -2.11. The topological polar surface area (TPSA) is 46.2 Å². The molecule has 17 heavy (non-hydrogen) atoms. The Kier molecular flexibility index (Phi) is 3.48. The Bertz CT molecular complexity index is 483. The number of rotatable bonds is 3. The number of alkyl halides is 1. The number of anilines is 1. The highest BCUT2D eigenvalue weighted by Gasteiger charge is 2.18. The van der Waals surface area contributed by atoms with Gasteiger partial charge in [-0.3, -0.25) is 9.59 Å². The molecule has 1 N–H and O–H groups in total. The first kappa shape index (κ1) is 12.1. The van der Waals surface area contributed by atoms with Crippen LogP contribution >= 0.6 is 11.6 Å². The second-order valence-electron chi connectivity index (χ2n) is 4.26. The van der Waals surface area contributed by atoms with Crippen LogP contribution in [0.1, 0.15) is 34.8 Å². The summed E-state index contributed by atoms with van der Waals surface area (Å²) in [5, 5.41) is 2.70. The van der Waals surface area contributed by atoms with Crippen LogP contribution in [0.25, 0.3) is 0 Å². The van der Waals surface area contributed by atoms with Crippen LogP contribution in [0.3, 0.4) is 0 Å². The summed E-state index contributed by atoms with van der Waals surface area (Å²) < 4.78 is 0. The van der Waals surface area contributed by atoms with Crippen molar-refractivity contribution < 1.29 is 9.59 Å². The third-order valence-corrected chi connectivity index (χ3v) is 3.21. The maximum Gasteiger partial charge on any atom is 0.221 e. The largest absolute Gasteiger partial charge is 0.326 e. The number of benzene rings is 1. The molecule has 0 saturated heterocycles. The number of Topliss-reactive ketones (excluding diaryl/α,β-unsaturated/α-hetero) is 1. The molecular weight excluding hydrogens is 238 g/mol. The molecule has 0 radical (unpaired) electrons. The first-order valence-corrected chi connectivity index (χ1v) is 6.18. The summed E-state index contributed by atoms with van der Waals surface area (Å²) in [5.41, 5.74) is 3.53. The fourth-order valence-electron chi connectivity index (χ4n) is 2.22. The molecule has 0 saturated carbocycles. The van der Waals surface area contributed by atoms with Gasteiger partial charge in [-0.05, 0) is 42.5 Å². The van der Waals surface area contributed by atoms with Gasteiger partial charge in [-0.1, -0.05) is 0 Å². The maximum absolute atomic E-state index is 11.7. The highest BCUT2D eigenvalue weighted by Crippen LogP contribution is 2.29. The van der Waals surface area contributed by atoms with Crippen LogP contribution in [0, 0.1) is 0 Å². The van der Waals surface area contributed by atoms with Gasteiger partial charge in [-0.15, -0.1) is 11.6 Å². The molecule has 1 aromatic carbocycles. The second kappa shape index (κ2) is 4.88. The van der Waals surface area contributed by atoms with Gasteiger partial charge in [0.2, 0.25) is 5.91 Å². The first-order chi connectivity index (χ1) is 8.11. The van der Waals surface area contributed by atoms with Gasteiger partial charge >= 0.3 is 0 Å². The molecule has 2 rings (SSSR count). The van der Waals surface area contributed by atoms with Crippen molar-refractivity contribution in [3.05, 3.63) is 28.8 Å². The molecular formula is C13H14ClNO2. The van der Waals surface area contributed by atoms with E-state index in [0.29, 0.717) is 11.3 Å². The number of nitrogens with one attached hydrogen (secondary N) is 1. The smallest absolute Gasteiger partial charge is 0.221 e. The highest BCUT2D eigenvalue weighted by molar-refractivity contribution is 6.31. The van der Waals surface area contributed by atoms with Gasteiger partial charge in [-0.2, -0.15) is 0 Å². The van der Waals surface area contributed by atoms with Gasteiger partial charge in [0, 0.05) is 12.5 Å². The monoisotopic (exact) mass is 251 g/mol. The Hall–Kier alpha value is -1.35. The summed E-state index contributed by atoms with van der Waals surface area (Å²) in [7, 11) is 0. The summed E-state index contributed by atoms with van der Waals surface area (Å²) in [6.07, 6.45) is 3.11. The van der Waals surface area contributed by atoms with Gasteiger partial charge in [0.25, 0.3) is 0 Å². The Morgan fingerprint density at radius 3 is 2.53 bits per heavy atom. The zero-order valence-electron chi connectivity index (χ0n) is 9.68. The lowest BCUT2D eigenvalue weighted by atomic mass is 10.0. The Balaban J connectivity index is 2.46. The molecule has 90 valence electrons. The van der Waals surface area contributed by atoms with Crippen LogP contribution < -0.4 is 5.32 Å². The number of hydrogen-bond donors (Lipinski definition) is 1. The van der Waals surface area contributed by atoms with Crippen LogP contribution in [0.5, 0.6) is 0 Å². The van der Waals surface area contributed by atoms with E-state index in [1.807, 2.05) is 12.1 Å². The minimum Gasteiger partial charge on any atom is -0.326 e. The molecule has 0 spiro atoms. The van der Waals surface area contributed by atoms with Crippen LogP contribution in [0.15, 0.2) is 12.1 Å². The average molecular weight is 252 g/mol. The lowest BCUT2D eigenvalue weighted by Crippen LogP contribution is -2.12. The molecule has 0 bridgehead atoms. The van der Waals surface area contributed by atoms with Crippen molar-refractivity contribution in [2.75, 3.05) is 11.2 Å². The molecule has 0 aliphatic heterocycles. The van der Waals surface area contributed by atoms with Crippen LogP contribution in [-0.4, -0.2) is 17.6 Å². The molecule has 0 fully saturated rings. The molecule has 0 unspecified atom stereocenters. The van der Waals surface area contributed by atoms with Gasteiger partial charge < -0.3 is 5.32 Å². The van der Waals surface area contributed by atoms with Crippen molar-refractivity contribution in [1.82, 2.24) is 0 Å². The van der Waals surface area contributed by atoms with Crippen molar-refractivity contribution >= 4 is 29.0 Å². The summed E-state index contributed by atoms with van der Waals surface area (Å²) >= 11 is 5.58. The third kappa shape index (κ3) is 2.50. The van der Waals surface area contributed by atoms with Crippen LogP contribution in [0.2, 0.25) is 0 Å². The van der Waals surface area contributed by atoms with Gasteiger partial charge in [0.05, 0.1) is 11.6 Å². The fourth-order valence-corrected chi connectivity index (χ4v) is 2.36. The molecule has 0 heterocycles. The number of amides is 1. The number of hydrogen-bond acceptors (Lipinski definition) is 2. The molecule has 4 heteroatoms. The average Bonchev–Trinajstić information content (AvgIpc) is 2.73. The zero-order valence-corrected chi connectivity index (χ0v) is 10.4. The summed E-state index contributed by atoms with van der Waals surface area (Å²) in [6.45, 7) is 1.43. The van der Waals surface area contributed by atoms with E-state index in [0.717, 1.165) is 19.3 Å². The normalized spacial score (nSPS) is 13.3. The molecule has 1 aromatic rings. The summed E-state index contributed by atoms with van der Waals surface area (Å²) in [6, 6.07) is 3.78. The van der Waals surface area contributed by atoms with Gasteiger partial charge in [0.1, 0.15) is 0 Å². The first-order valence-electron chi connectivity index (χ1n) is 5.64. The number of carbonyl (C=O) groups is 2. The minimum atomic E-state index is -0.174. The Morgan fingerprint density at radius 2 is 1.94 bits per heavy atom. The molecule has 0 aromatic heterocycles. The Morgan fingerprint density at radius 1 is 1.29 bits per heavy atom. The predicted octanol–water partition coefficient (Wildman–Crippen LogP) is 2.56. The third-order valence-electron chi connectivity index (χ3n) is 2.96. The van der Waals surface area contributed by atoms with Crippen LogP contribution in [0.4, 0.5) is 5.69 Å². The maximum atomic E-state index is 11.7. The zero-order chi connectivity index (χ0) is 12.4. The quantitative estimate of drug-likeness (QED) is 0.663. The lowest BCUT2D eigenvalue weighted by molar-refractivity contribution is -0.114. The predicted molar refractivity (Wildman–Crippen MR) is 67.8 cm³/mol. The van der Waals surface area contributed by atoms with Crippen molar-refractivity contribution in [2.45, 2.75) is 26.2 Å². The van der Waals surface area contributed by atoms with Crippen LogP contribution in [-0.2, 0) is 17.6 Å². The van der Waals surface area contributed by atoms with E-state index in [2.05, 4.69) is 5.32 Å². The Labute approximate surface area is 105 Å². The molecule has 1 aliphatic carbocycles. The van der Waals surface area contributed by atoms with Gasteiger partial charge in [-0.25, -0.2) is 0 Å². The van der Waals surface area contributed by atoms with E-state index in [9.17, 15) is 9.59 Å². The van der Waals surface area contributed by atoms with Crippen molar-refractivity contribution in [3.8, 4) is 0 Å². The summed E-state index contributed by atoms with van der Waals surface area (Å²) in [5.74, 6) is -0.387.